The minimum Gasteiger partial charge on any atom is -0.490 e. The van der Waals surface area contributed by atoms with Gasteiger partial charge in [-0.1, -0.05) is 30.3 Å². The third kappa shape index (κ3) is 3.99. The molecule has 4 rings (SSSR count). The predicted molar refractivity (Wildman–Crippen MR) is 109 cm³/mol. The molecule has 142 valence electrons. The lowest BCUT2D eigenvalue weighted by Crippen LogP contribution is -2.19. The third-order valence-corrected chi connectivity index (χ3v) is 4.68. The quantitative estimate of drug-likeness (QED) is 0.479. The highest BCUT2D eigenvalue weighted by molar-refractivity contribution is 7.14. The van der Waals surface area contributed by atoms with Gasteiger partial charge >= 0.3 is 0 Å². The number of rotatable bonds is 7. The van der Waals surface area contributed by atoms with Gasteiger partial charge in [0.1, 0.15) is 11.4 Å². The van der Waals surface area contributed by atoms with Crippen molar-refractivity contribution in [2.45, 2.75) is 6.92 Å². The van der Waals surface area contributed by atoms with Crippen molar-refractivity contribution in [1.82, 2.24) is 4.98 Å². The number of amides is 1. The minimum atomic E-state index is -0.270. The molecule has 0 aliphatic heterocycles. The molecule has 0 spiro atoms. The average Bonchev–Trinajstić information content (AvgIpc) is 3.35. The second-order valence-corrected chi connectivity index (χ2v) is 6.76. The molecule has 2 heterocycles. The SMILES string of the molecule is CCOc1cccc2cc(-c3csc(NC(=O)COc4ccccc4)n3)oc12. The second kappa shape index (κ2) is 8.14. The van der Waals surface area contributed by atoms with Crippen LogP contribution in [0.15, 0.2) is 64.4 Å². The number of thiazole rings is 1. The molecule has 0 saturated carbocycles. The first-order chi connectivity index (χ1) is 13.7. The highest BCUT2D eigenvalue weighted by Gasteiger charge is 2.14. The Hall–Kier alpha value is -3.32. The molecular formula is C21H18N2O4S. The molecule has 0 unspecified atom stereocenters. The summed E-state index contributed by atoms with van der Waals surface area (Å²) in [5, 5.41) is 6.01. The Bertz CT molecular complexity index is 1090. The number of anilines is 1. The summed E-state index contributed by atoms with van der Waals surface area (Å²) in [6.45, 7) is 2.41. The Balaban J connectivity index is 1.45. The first kappa shape index (κ1) is 18.1. The fourth-order valence-corrected chi connectivity index (χ4v) is 3.41. The maximum Gasteiger partial charge on any atom is 0.264 e. The molecule has 0 aliphatic carbocycles. The summed E-state index contributed by atoms with van der Waals surface area (Å²) in [6.07, 6.45) is 0. The Labute approximate surface area is 165 Å². The van der Waals surface area contributed by atoms with Gasteiger partial charge in [-0.2, -0.15) is 0 Å². The Morgan fingerprint density at radius 1 is 1.14 bits per heavy atom. The standard InChI is InChI=1S/C21H18N2O4S/c1-2-25-17-10-6-7-14-11-18(27-20(14)17)16-13-28-21(22-16)23-19(24)12-26-15-8-4-3-5-9-15/h3-11,13H,2,12H2,1H3,(H,22,23,24). The van der Waals surface area contributed by atoms with Crippen LogP contribution in [0.2, 0.25) is 0 Å². The molecule has 1 amide bonds. The largest absolute Gasteiger partial charge is 0.490 e. The summed E-state index contributed by atoms with van der Waals surface area (Å²) in [5.41, 5.74) is 1.34. The number of fused-ring (bicyclic) bond motifs is 1. The van der Waals surface area contributed by atoms with Crippen molar-refractivity contribution in [2.75, 3.05) is 18.5 Å². The lowest BCUT2D eigenvalue weighted by molar-refractivity contribution is -0.118. The van der Waals surface area contributed by atoms with E-state index in [1.165, 1.54) is 11.3 Å². The van der Waals surface area contributed by atoms with E-state index in [0.717, 1.165) is 5.39 Å². The molecular weight excluding hydrogens is 376 g/mol. The summed E-state index contributed by atoms with van der Waals surface area (Å²) in [5.74, 6) is 1.70. The van der Waals surface area contributed by atoms with E-state index < -0.39 is 0 Å². The monoisotopic (exact) mass is 394 g/mol. The van der Waals surface area contributed by atoms with Crippen LogP contribution in [0.5, 0.6) is 11.5 Å². The van der Waals surface area contributed by atoms with E-state index in [1.54, 1.807) is 12.1 Å². The Morgan fingerprint density at radius 2 is 2.00 bits per heavy atom. The van der Waals surface area contributed by atoms with Crippen LogP contribution >= 0.6 is 11.3 Å². The lowest BCUT2D eigenvalue weighted by Gasteiger charge is -2.05. The van der Waals surface area contributed by atoms with Crippen LogP contribution in [0.3, 0.4) is 0 Å². The van der Waals surface area contributed by atoms with Gasteiger partial charge in [-0.15, -0.1) is 11.3 Å². The smallest absolute Gasteiger partial charge is 0.264 e. The van der Waals surface area contributed by atoms with Crippen LogP contribution in [0, 0.1) is 0 Å². The molecule has 0 bridgehead atoms. The number of furan rings is 1. The number of hydrogen-bond donors (Lipinski definition) is 1. The number of nitrogens with zero attached hydrogens (tertiary/aromatic N) is 1. The zero-order valence-electron chi connectivity index (χ0n) is 15.2. The zero-order valence-corrected chi connectivity index (χ0v) is 16.0. The number of para-hydroxylation sites is 2. The lowest BCUT2D eigenvalue weighted by atomic mass is 10.2. The summed E-state index contributed by atoms with van der Waals surface area (Å²) in [7, 11) is 0. The van der Waals surface area contributed by atoms with E-state index in [9.17, 15) is 4.79 Å². The molecule has 0 fully saturated rings. The van der Waals surface area contributed by atoms with E-state index >= 15 is 0 Å². The zero-order chi connectivity index (χ0) is 19.3. The summed E-state index contributed by atoms with van der Waals surface area (Å²) < 4.78 is 17.0. The van der Waals surface area contributed by atoms with E-state index in [1.807, 2.05) is 54.8 Å². The number of carbonyl (C=O) groups excluding carboxylic acids is 1. The van der Waals surface area contributed by atoms with Crippen LogP contribution in [-0.4, -0.2) is 24.1 Å². The summed E-state index contributed by atoms with van der Waals surface area (Å²) in [4.78, 5) is 16.5. The number of hydrogen-bond acceptors (Lipinski definition) is 6. The third-order valence-electron chi connectivity index (χ3n) is 3.92. The first-order valence-electron chi connectivity index (χ1n) is 8.82. The minimum absolute atomic E-state index is 0.0821. The highest BCUT2D eigenvalue weighted by Crippen LogP contribution is 2.34. The van der Waals surface area contributed by atoms with Crippen molar-refractivity contribution in [3.8, 4) is 23.0 Å². The topological polar surface area (TPSA) is 73.6 Å². The van der Waals surface area contributed by atoms with Gasteiger partial charge in [0.2, 0.25) is 0 Å². The van der Waals surface area contributed by atoms with E-state index in [4.69, 9.17) is 13.9 Å². The molecule has 0 atom stereocenters. The maximum absolute atomic E-state index is 12.1. The average molecular weight is 394 g/mol. The molecule has 28 heavy (non-hydrogen) atoms. The van der Waals surface area contributed by atoms with Crippen LogP contribution < -0.4 is 14.8 Å². The molecule has 2 aromatic carbocycles. The van der Waals surface area contributed by atoms with Crippen LogP contribution in [0.4, 0.5) is 5.13 Å². The van der Waals surface area contributed by atoms with Gasteiger partial charge in [-0.3, -0.25) is 10.1 Å². The number of carbonyl (C=O) groups is 1. The summed E-state index contributed by atoms with van der Waals surface area (Å²) >= 11 is 1.33. The predicted octanol–water partition coefficient (Wildman–Crippen LogP) is 4.97. The molecule has 6 nitrogen and oxygen atoms in total. The molecule has 2 aromatic heterocycles. The Kier molecular flexibility index (Phi) is 5.25. The van der Waals surface area contributed by atoms with Gasteiger partial charge in [-0.25, -0.2) is 4.98 Å². The van der Waals surface area contributed by atoms with E-state index in [2.05, 4.69) is 10.3 Å². The molecule has 7 heteroatoms. The van der Waals surface area contributed by atoms with Gasteiger partial charge in [0.15, 0.2) is 28.8 Å². The van der Waals surface area contributed by atoms with Crippen molar-refractivity contribution in [3.05, 3.63) is 60.0 Å². The van der Waals surface area contributed by atoms with E-state index in [-0.39, 0.29) is 12.5 Å². The van der Waals surface area contributed by atoms with Gasteiger partial charge < -0.3 is 13.9 Å². The number of benzene rings is 2. The molecule has 0 saturated heterocycles. The van der Waals surface area contributed by atoms with E-state index in [0.29, 0.717) is 40.3 Å². The fraction of sp³-hybridized carbons (Fsp3) is 0.143. The molecule has 1 N–H and O–H groups in total. The second-order valence-electron chi connectivity index (χ2n) is 5.91. The first-order valence-corrected chi connectivity index (χ1v) is 9.70. The summed E-state index contributed by atoms with van der Waals surface area (Å²) in [6, 6.07) is 16.9. The molecule has 4 aromatic rings. The Morgan fingerprint density at radius 3 is 2.82 bits per heavy atom. The molecule has 0 aliphatic rings. The normalized spacial score (nSPS) is 10.8. The van der Waals surface area contributed by atoms with Gasteiger partial charge in [-0.05, 0) is 31.2 Å². The highest BCUT2D eigenvalue weighted by atomic mass is 32.1. The van der Waals surface area contributed by atoms with Crippen molar-refractivity contribution in [3.63, 3.8) is 0 Å². The van der Waals surface area contributed by atoms with Crippen molar-refractivity contribution >= 4 is 33.3 Å². The van der Waals surface area contributed by atoms with Crippen LogP contribution in [0.1, 0.15) is 6.92 Å². The van der Waals surface area contributed by atoms with Gasteiger partial charge in [0, 0.05) is 10.8 Å². The number of aromatic nitrogens is 1. The van der Waals surface area contributed by atoms with Crippen LogP contribution in [0.25, 0.3) is 22.4 Å². The van der Waals surface area contributed by atoms with Crippen LogP contribution in [-0.2, 0) is 4.79 Å². The van der Waals surface area contributed by atoms with Crippen molar-refractivity contribution in [1.29, 1.82) is 0 Å². The van der Waals surface area contributed by atoms with Gasteiger partial charge in [0.05, 0.1) is 6.61 Å². The number of ether oxygens (including phenoxy) is 2. The van der Waals surface area contributed by atoms with Crippen molar-refractivity contribution < 1.29 is 18.7 Å². The van der Waals surface area contributed by atoms with Gasteiger partial charge in [0.25, 0.3) is 5.91 Å². The maximum atomic E-state index is 12.1. The van der Waals surface area contributed by atoms with Crippen molar-refractivity contribution in [2.24, 2.45) is 0 Å². The fourth-order valence-electron chi connectivity index (χ4n) is 2.70. The number of nitrogens with one attached hydrogen (secondary N) is 1. The molecule has 0 radical (unpaired) electrons.